The molecule has 1 atom stereocenters. The van der Waals surface area contributed by atoms with E-state index in [1.54, 1.807) is 10.6 Å². The van der Waals surface area contributed by atoms with Crippen LogP contribution >= 0.6 is 0 Å². The molecule has 3 aliphatic rings. The fraction of sp³-hybridized carbons (Fsp3) is 0.529. The van der Waals surface area contributed by atoms with E-state index < -0.39 is 0 Å². The second-order valence-electron chi connectivity index (χ2n) is 12.5. The lowest BCUT2D eigenvalue weighted by molar-refractivity contribution is -0.137. The van der Waals surface area contributed by atoms with Gasteiger partial charge < -0.3 is 14.2 Å². The van der Waals surface area contributed by atoms with Crippen LogP contribution in [0.3, 0.4) is 0 Å². The van der Waals surface area contributed by atoms with Crippen LogP contribution in [0.5, 0.6) is 0 Å². The Labute approximate surface area is 266 Å². The lowest BCUT2D eigenvalue weighted by Gasteiger charge is -2.31. The van der Waals surface area contributed by atoms with Gasteiger partial charge in [0, 0.05) is 79.9 Å². The van der Waals surface area contributed by atoms with Gasteiger partial charge in [0.15, 0.2) is 5.58 Å². The van der Waals surface area contributed by atoms with Crippen LogP contribution in [0.1, 0.15) is 86.2 Å². The molecule has 5 heterocycles. The zero-order valence-electron chi connectivity index (χ0n) is 26.2. The standard InChI is InChI=1S/C34H40FN5O6/c1-22-26(14-18-38-16-11-23(12-17-38)32-27-8-7-24(35)21-29(27)46-37-32)34(44)40-15-4-6-28(33(40)36-22)45-20-3-2-5-25(41)13-19-39-30(42)9-10-31(39)43/h7-10,21,23,28H,2-6,11-20H2,1H3. The minimum absolute atomic E-state index is 0.0117. The number of carbonyl (C=O) groups is 3. The van der Waals surface area contributed by atoms with Crippen molar-refractivity contribution in [1.82, 2.24) is 24.5 Å². The SMILES string of the molecule is Cc1nc2n(c(=O)c1CCN1CCC(c3noc4cc(F)ccc34)CC1)CCCC2OCCCCC(=O)CCN1C(=O)C=CC1=O. The summed E-state index contributed by atoms with van der Waals surface area (Å²) in [5, 5.41) is 5.13. The Hall–Kier alpha value is -4.03. The number of imide groups is 1. The number of Topliss-reactive ketones (excluding diaryl/α,β-unsaturated/α-hetero) is 1. The predicted molar refractivity (Wildman–Crippen MR) is 167 cm³/mol. The molecule has 3 aliphatic heterocycles. The quantitative estimate of drug-likeness (QED) is 0.201. The summed E-state index contributed by atoms with van der Waals surface area (Å²) in [6.45, 7) is 5.64. The summed E-state index contributed by atoms with van der Waals surface area (Å²) in [6, 6.07) is 4.56. The number of ether oxygens (including phenoxy) is 1. The number of aryl methyl sites for hydroxylation is 1. The highest BCUT2D eigenvalue weighted by Crippen LogP contribution is 2.33. The van der Waals surface area contributed by atoms with Crippen LogP contribution < -0.4 is 5.56 Å². The first-order chi connectivity index (χ1) is 22.3. The van der Waals surface area contributed by atoms with Crippen LogP contribution in [0.25, 0.3) is 11.0 Å². The second-order valence-corrected chi connectivity index (χ2v) is 12.5. The Morgan fingerprint density at radius 2 is 1.80 bits per heavy atom. The summed E-state index contributed by atoms with van der Waals surface area (Å²) in [4.78, 5) is 57.4. The van der Waals surface area contributed by atoms with E-state index >= 15 is 0 Å². The molecule has 12 heteroatoms. The van der Waals surface area contributed by atoms with E-state index in [1.807, 2.05) is 6.92 Å². The van der Waals surface area contributed by atoms with Gasteiger partial charge in [0.1, 0.15) is 23.5 Å². The van der Waals surface area contributed by atoms with Crippen molar-refractivity contribution in [2.24, 2.45) is 0 Å². The third kappa shape index (κ3) is 7.02. The fourth-order valence-corrected chi connectivity index (χ4v) is 6.78. The number of unbranched alkanes of at least 4 members (excludes halogenated alkanes) is 1. The van der Waals surface area contributed by atoms with Crippen molar-refractivity contribution in [3.63, 3.8) is 0 Å². The van der Waals surface area contributed by atoms with Gasteiger partial charge in [-0.2, -0.15) is 0 Å². The molecular formula is C34H40FN5O6. The van der Waals surface area contributed by atoms with Gasteiger partial charge >= 0.3 is 0 Å². The van der Waals surface area contributed by atoms with E-state index in [-0.39, 0.29) is 54.0 Å². The zero-order valence-corrected chi connectivity index (χ0v) is 26.2. The van der Waals surface area contributed by atoms with Crippen molar-refractivity contribution in [1.29, 1.82) is 0 Å². The molecule has 0 saturated carbocycles. The number of carbonyl (C=O) groups excluding carboxylic acids is 3. The van der Waals surface area contributed by atoms with Gasteiger partial charge in [-0.1, -0.05) is 5.16 Å². The van der Waals surface area contributed by atoms with Crippen molar-refractivity contribution < 1.29 is 28.0 Å². The molecule has 1 unspecified atom stereocenters. The van der Waals surface area contributed by atoms with Gasteiger partial charge in [-0.05, 0) is 77.1 Å². The molecule has 0 radical (unpaired) electrons. The van der Waals surface area contributed by atoms with Crippen molar-refractivity contribution >= 4 is 28.6 Å². The molecule has 2 amide bonds. The molecule has 46 heavy (non-hydrogen) atoms. The molecule has 1 fully saturated rings. The summed E-state index contributed by atoms with van der Waals surface area (Å²) in [6.07, 6.45) is 8.15. The number of hydrogen-bond donors (Lipinski definition) is 0. The minimum atomic E-state index is -0.371. The van der Waals surface area contributed by atoms with Gasteiger partial charge in [0.25, 0.3) is 17.4 Å². The topological polar surface area (TPSA) is 128 Å². The lowest BCUT2D eigenvalue weighted by atomic mass is 9.91. The van der Waals surface area contributed by atoms with Crippen LogP contribution in [0, 0.1) is 12.7 Å². The van der Waals surface area contributed by atoms with Gasteiger partial charge in [0.05, 0.1) is 5.69 Å². The summed E-state index contributed by atoms with van der Waals surface area (Å²) < 4.78 is 26.9. The minimum Gasteiger partial charge on any atom is -0.370 e. The van der Waals surface area contributed by atoms with Crippen LogP contribution in [-0.4, -0.2) is 74.9 Å². The largest absolute Gasteiger partial charge is 0.370 e. The molecule has 0 aliphatic carbocycles. The molecule has 0 spiro atoms. The normalized spacial score (nSPS) is 19.0. The predicted octanol–water partition coefficient (Wildman–Crippen LogP) is 4.16. The Morgan fingerprint density at radius 3 is 2.59 bits per heavy atom. The van der Waals surface area contributed by atoms with Crippen molar-refractivity contribution in [3.8, 4) is 0 Å². The van der Waals surface area contributed by atoms with E-state index in [1.165, 1.54) is 24.3 Å². The average Bonchev–Trinajstić information content (AvgIpc) is 3.61. The number of halogens is 1. The average molecular weight is 634 g/mol. The van der Waals surface area contributed by atoms with Crippen LogP contribution in [0.2, 0.25) is 0 Å². The maximum Gasteiger partial charge on any atom is 0.257 e. The Kier molecular flexibility index (Phi) is 9.83. The van der Waals surface area contributed by atoms with E-state index in [4.69, 9.17) is 14.2 Å². The number of benzene rings is 1. The fourth-order valence-electron chi connectivity index (χ4n) is 6.78. The molecule has 2 aromatic heterocycles. The van der Waals surface area contributed by atoms with E-state index in [0.29, 0.717) is 50.2 Å². The molecule has 6 rings (SSSR count). The highest BCUT2D eigenvalue weighted by Gasteiger charge is 2.28. The maximum absolute atomic E-state index is 13.6. The van der Waals surface area contributed by atoms with Crippen molar-refractivity contribution in [3.05, 3.63) is 69.3 Å². The number of amides is 2. The first kappa shape index (κ1) is 31.9. The van der Waals surface area contributed by atoms with Gasteiger partial charge in [-0.25, -0.2) is 9.37 Å². The number of hydrogen-bond acceptors (Lipinski definition) is 9. The number of ketones is 1. The van der Waals surface area contributed by atoms with Crippen molar-refractivity contribution in [2.45, 2.75) is 83.3 Å². The molecule has 0 bridgehead atoms. The Morgan fingerprint density at radius 1 is 1.02 bits per heavy atom. The van der Waals surface area contributed by atoms with E-state index in [2.05, 4.69) is 10.1 Å². The third-order valence-corrected chi connectivity index (χ3v) is 9.43. The monoisotopic (exact) mass is 633 g/mol. The molecular weight excluding hydrogens is 593 g/mol. The smallest absolute Gasteiger partial charge is 0.257 e. The van der Waals surface area contributed by atoms with Crippen LogP contribution in [-0.2, 0) is 32.1 Å². The van der Waals surface area contributed by atoms with Crippen molar-refractivity contribution in [2.75, 3.05) is 32.8 Å². The van der Waals surface area contributed by atoms with Crippen LogP contribution in [0.4, 0.5) is 4.39 Å². The number of piperidine rings is 1. The first-order valence-electron chi connectivity index (χ1n) is 16.3. The number of rotatable bonds is 13. The highest BCUT2D eigenvalue weighted by atomic mass is 19.1. The molecule has 11 nitrogen and oxygen atoms in total. The lowest BCUT2D eigenvalue weighted by Crippen LogP contribution is -2.38. The summed E-state index contributed by atoms with van der Waals surface area (Å²) >= 11 is 0. The second kappa shape index (κ2) is 14.2. The van der Waals surface area contributed by atoms with E-state index in [0.717, 1.165) is 72.6 Å². The molecule has 1 aromatic carbocycles. The first-order valence-corrected chi connectivity index (χ1v) is 16.3. The van der Waals surface area contributed by atoms with Gasteiger partial charge in [0.2, 0.25) is 0 Å². The van der Waals surface area contributed by atoms with E-state index in [9.17, 15) is 23.6 Å². The number of nitrogens with zero attached hydrogens (tertiary/aromatic N) is 5. The highest BCUT2D eigenvalue weighted by molar-refractivity contribution is 6.13. The van der Waals surface area contributed by atoms with Gasteiger partial charge in [-0.15, -0.1) is 0 Å². The molecule has 3 aromatic rings. The molecule has 1 saturated heterocycles. The summed E-state index contributed by atoms with van der Waals surface area (Å²) in [5.74, 6) is -0.121. The maximum atomic E-state index is 13.6. The zero-order chi connectivity index (χ0) is 32.2. The number of aromatic nitrogens is 3. The van der Waals surface area contributed by atoms with Crippen LogP contribution in [0.15, 0.2) is 39.7 Å². The Bertz CT molecular complexity index is 1690. The number of fused-ring (bicyclic) bond motifs is 2. The van der Waals surface area contributed by atoms with Gasteiger partial charge in [-0.3, -0.25) is 28.6 Å². The third-order valence-electron chi connectivity index (χ3n) is 9.43. The summed E-state index contributed by atoms with van der Waals surface area (Å²) in [7, 11) is 0. The molecule has 244 valence electrons. The number of likely N-dealkylation sites (tertiary alicyclic amines) is 1. The molecule has 0 N–H and O–H groups in total. The summed E-state index contributed by atoms with van der Waals surface area (Å²) in [5.41, 5.74) is 2.90. The Balaban J connectivity index is 0.958.